The number of amides is 1. The molecule has 38 heavy (non-hydrogen) atoms. The second-order valence-corrected chi connectivity index (χ2v) is 10.5. The number of nitrogens with zero attached hydrogens (tertiary/aromatic N) is 3. The van der Waals surface area contributed by atoms with Crippen molar-refractivity contribution in [2.45, 2.75) is 57.9 Å². The van der Waals surface area contributed by atoms with E-state index >= 15 is 0 Å². The van der Waals surface area contributed by atoms with Crippen molar-refractivity contribution in [3.05, 3.63) is 105 Å². The Morgan fingerprint density at radius 3 is 2.39 bits per heavy atom. The third kappa shape index (κ3) is 6.11. The van der Waals surface area contributed by atoms with Crippen molar-refractivity contribution in [2.75, 3.05) is 6.54 Å². The maximum absolute atomic E-state index is 13.9. The zero-order valence-electron chi connectivity index (χ0n) is 22.0. The largest absolute Gasteiger partial charge is 0.331 e. The molecule has 0 saturated carbocycles. The summed E-state index contributed by atoms with van der Waals surface area (Å²) in [7, 11) is 0. The molecule has 1 aromatic heterocycles. The first kappa shape index (κ1) is 27.9. The number of hydrogen-bond acceptors (Lipinski definition) is 3. The number of alkyl halides is 1. The summed E-state index contributed by atoms with van der Waals surface area (Å²) in [6.45, 7) is 6.57. The Labute approximate surface area is 234 Å². The summed E-state index contributed by atoms with van der Waals surface area (Å²) in [5, 5.41) is 0.110. The van der Waals surface area contributed by atoms with Gasteiger partial charge in [0.25, 0.3) is 5.56 Å². The Morgan fingerprint density at radius 1 is 1.00 bits per heavy atom. The topological polar surface area (TPSA) is 55.2 Å². The van der Waals surface area contributed by atoms with Gasteiger partial charge in [0.15, 0.2) is 0 Å². The minimum Gasteiger partial charge on any atom is -0.331 e. The molecule has 5 nitrogen and oxygen atoms in total. The fourth-order valence-electron chi connectivity index (χ4n) is 4.65. The Balaban J connectivity index is 1.85. The number of aryl methyl sites for hydroxylation is 1. The quantitative estimate of drug-likeness (QED) is 0.150. The molecule has 4 aromatic rings. The number of aromatic nitrogens is 2. The zero-order chi connectivity index (χ0) is 27.2. The maximum atomic E-state index is 13.9. The van der Waals surface area contributed by atoms with Gasteiger partial charge in [0, 0.05) is 11.6 Å². The van der Waals surface area contributed by atoms with Crippen molar-refractivity contribution in [1.29, 1.82) is 0 Å². The molecule has 198 valence electrons. The summed E-state index contributed by atoms with van der Waals surface area (Å²) in [5.74, 6) is 0.257. The van der Waals surface area contributed by atoms with Gasteiger partial charge in [-0.25, -0.2) is 4.98 Å². The molecule has 0 N–H and O–H groups in total. The highest BCUT2D eigenvalue weighted by Crippen LogP contribution is 2.30. The lowest BCUT2D eigenvalue weighted by molar-refractivity contribution is -0.133. The van der Waals surface area contributed by atoms with Crippen LogP contribution in [0.4, 0.5) is 0 Å². The van der Waals surface area contributed by atoms with E-state index in [0.29, 0.717) is 34.0 Å². The van der Waals surface area contributed by atoms with Crippen molar-refractivity contribution < 1.29 is 4.79 Å². The lowest BCUT2D eigenvalue weighted by Crippen LogP contribution is -2.39. The van der Waals surface area contributed by atoms with Crippen LogP contribution in [0.15, 0.2) is 77.6 Å². The smallest absolute Gasteiger partial charge is 0.266 e. The van der Waals surface area contributed by atoms with E-state index in [1.54, 1.807) is 27.7 Å². The van der Waals surface area contributed by atoms with E-state index in [9.17, 15) is 9.59 Å². The van der Waals surface area contributed by atoms with Crippen LogP contribution >= 0.6 is 23.2 Å². The van der Waals surface area contributed by atoms with Crippen LogP contribution in [0.2, 0.25) is 5.02 Å². The van der Waals surface area contributed by atoms with Gasteiger partial charge in [-0.3, -0.25) is 14.2 Å². The molecule has 0 aliphatic rings. The Bertz CT molecular complexity index is 1450. The molecule has 0 saturated heterocycles. The van der Waals surface area contributed by atoms with Crippen molar-refractivity contribution in [1.82, 2.24) is 14.5 Å². The molecular formula is C31H33Cl2N3O2. The molecule has 4 rings (SSSR count). The number of fused-ring (bicyclic) bond motifs is 1. The third-order valence-electron chi connectivity index (χ3n) is 6.84. The van der Waals surface area contributed by atoms with Gasteiger partial charge in [-0.15, -0.1) is 11.6 Å². The van der Waals surface area contributed by atoms with Crippen LogP contribution in [-0.2, 0) is 4.79 Å². The summed E-state index contributed by atoms with van der Waals surface area (Å²) in [6, 6.07) is 21.6. The highest BCUT2D eigenvalue weighted by atomic mass is 35.5. The van der Waals surface area contributed by atoms with Crippen molar-refractivity contribution in [2.24, 2.45) is 0 Å². The summed E-state index contributed by atoms with van der Waals surface area (Å²) in [6.07, 6.45) is 4.00. The Morgan fingerprint density at radius 2 is 1.71 bits per heavy atom. The summed E-state index contributed by atoms with van der Waals surface area (Å²) in [5.41, 5.74) is 2.80. The minimum atomic E-state index is -0.848. The third-order valence-corrected chi connectivity index (χ3v) is 7.51. The van der Waals surface area contributed by atoms with Crippen molar-refractivity contribution in [3.63, 3.8) is 0 Å². The Kier molecular flexibility index (Phi) is 9.24. The maximum Gasteiger partial charge on any atom is 0.266 e. The first-order chi connectivity index (χ1) is 18.3. The minimum absolute atomic E-state index is 0.207. The molecule has 3 aromatic carbocycles. The number of carbonyl (C=O) groups is 1. The molecule has 0 bridgehead atoms. The fraction of sp³-hybridized carbons (Fsp3) is 0.323. The van der Waals surface area contributed by atoms with E-state index in [1.165, 1.54) is 0 Å². The number of halogens is 2. The van der Waals surface area contributed by atoms with Gasteiger partial charge in [-0.2, -0.15) is 0 Å². The van der Waals surface area contributed by atoms with Crippen LogP contribution in [-0.4, -0.2) is 26.9 Å². The average molecular weight is 551 g/mol. The number of hydrogen-bond donors (Lipinski definition) is 0. The van der Waals surface area contributed by atoms with Gasteiger partial charge in [-0.1, -0.05) is 85.8 Å². The van der Waals surface area contributed by atoms with E-state index in [1.807, 2.05) is 68.4 Å². The normalized spacial score (nSPS) is 12.9. The van der Waals surface area contributed by atoms with Gasteiger partial charge in [0.2, 0.25) is 5.91 Å². The predicted octanol–water partition coefficient (Wildman–Crippen LogP) is 7.80. The summed E-state index contributed by atoms with van der Waals surface area (Å²) < 4.78 is 1.61. The van der Waals surface area contributed by atoms with Gasteiger partial charge < -0.3 is 4.90 Å². The Hall–Kier alpha value is -3.15. The van der Waals surface area contributed by atoms with E-state index in [0.717, 1.165) is 36.8 Å². The molecule has 1 heterocycles. The monoisotopic (exact) mass is 549 g/mol. The first-order valence-corrected chi connectivity index (χ1v) is 13.9. The lowest BCUT2D eigenvalue weighted by atomic mass is 10.1. The van der Waals surface area contributed by atoms with Crippen LogP contribution in [0, 0.1) is 6.92 Å². The second-order valence-electron chi connectivity index (χ2n) is 9.65. The van der Waals surface area contributed by atoms with Crippen LogP contribution < -0.4 is 5.56 Å². The van der Waals surface area contributed by atoms with Crippen LogP contribution in [0.1, 0.15) is 67.9 Å². The number of benzene rings is 3. The number of unbranched alkanes of at least 4 members (excludes halogenated alkanes) is 3. The molecule has 0 radical (unpaired) electrons. The summed E-state index contributed by atoms with van der Waals surface area (Å²) >= 11 is 13.0. The van der Waals surface area contributed by atoms with Gasteiger partial charge in [-0.05, 0) is 56.2 Å². The SMILES string of the molecule is CCCCCCN(C(=O)C(Cl)c1ccccc1)C(C)c1nc2cc(Cl)ccc2c(=O)n1-c1ccc(C)cc1. The molecule has 2 unspecified atom stereocenters. The van der Waals surface area contributed by atoms with Gasteiger partial charge in [0.05, 0.1) is 22.6 Å². The van der Waals surface area contributed by atoms with E-state index in [-0.39, 0.29) is 11.5 Å². The summed E-state index contributed by atoms with van der Waals surface area (Å²) in [4.78, 5) is 34.4. The van der Waals surface area contributed by atoms with Crippen LogP contribution in [0.3, 0.4) is 0 Å². The van der Waals surface area contributed by atoms with E-state index in [2.05, 4.69) is 6.92 Å². The second kappa shape index (κ2) is 12.6. The van der Waals surface area contributed by atoms with E-state index in [4.69, 9.17) is 28.2 Å². The van der Waals surface area contributed by atoms with Gasteiger partial charge >= 0.3 is 0 Å². The van der Waals surface area contributed by atoms with Crippen LogP contribution in [0.25, 0.3) is 16.6 Å². The molecule has 0 fully saturated rings. The van der Waals surface area contributed by atoms with E-state index < -0.39 is 11.4 Å². The molecule has 1 amide bonds. The molecule has 2 atom stereocenters. The lowest BCUT2D eigenvalue weighted by Gasteiger charge is -2.32. The zero-order valence-corrected chi connectivity index (χ0v) is 23.5. The van der Waals surface area contributed by atoms with Gasteiger partial charge in [0.1, 0.15) is 11.2 Å². The number of rotatable bonds is 10. The molecule has 0 aliphatic carbocycles. The standard InChI is InChI=1S/C31H33Cl2N3O2/c1-4-5-6-10-19-35(31(38)28(33)23-11-8-7-9-12-23)22(3)29-34-27-20-24(32)15-18-26(27)30(37)36(29)25-16-13-21(2)14-17-25/h7-9,11-18,20,22,28H,4-6,10,19H2,1-3H3. The first-order valence-electron chi connectivity index (χ1n) is 13.1. The molecular weight excluding hydrogens is 517 g/mol. The van der Waals surface area contributed by atoms with Crippen molar-refractivity contribution >= 4 is 40.0 Å². The highest BCUT2D eigenvalue weighted by Gasteiger charge is 2.31. The highest BCUT2D eigenvalue weighted by molar-refractivity contribution is 6.31. The number of carbonyl (C=O) groups excluding carboxylic acids is 1. The predicted molar refractivity (Wildman–Crippen MR) is 156 cm³/mol. The average Bonchev–Trinajstić information content (AvgIpc) is 2.93. The molecule has 0 aliphatic heterocycles. The fourth-order valence-corrected chi connectivity index (χ4v) is 5.09. The molecule has 0 spiro atoms. The van der Waals surface area contributed by atoms with Crippen LogP contribution in [0.5, 0.6) is 0 Å². The van der Waals surface area contributed by atoms with Crippen molar-refractivity contribution in [3.8, 4) is 5.69 Å². The molecule has 7 heteroatoms.